The fourth-order valence-electron chi connectivity index (χ4n) is 2.26. The zero-order valence-electron chi connectivity index (χ0n) is 16.0. The second-order valence-corrected chi connectivity index (χ2v) is 6.08. The molecule has 0 aliphatic rings. The third-order valence-electron chi connectivity index (χ3n) is 3.78. The molecule has 2 rings (SSSR count). The monoisotopic (exact) mass is 367 g/mol. The van der Waals surface area contributed by atoms with Crippen LogP contribution < -0.4 is 19.5 Å². The van der Waals surface area contributed by atoms with Gasteiger partial charge in [-0.3, -0.25) is 4.79 Å². The van der Waals surface area contributed by atoms with E-state index >= 15 is 0 Å². The number of carbonyl (C=O) groups is 1. The fourth-order valence-corrected chi connectivity index (χ4v) is 2.26. The van der Waals surface area contributed by atoms with Gasteiger partial charge in [-0.15, -0.1) is 0 Å². The Morgan fingerprint density at radius 1 is 1.00 bits per heavy atom. The summed E-state index contributed by atoms with van der Waals surface area (Å²) < 4.78 is 16.2. The highest BCUT2D eigenvalue weighted by atomic mass is 16.5. The molecule has 0 radical (unpaired) electrons. The van der Waals surface area contributed by atoms with Gasteiger partial charge in [-0.2, -0.15) is 0 Å². The molecule has 0 spiro atoms. The number of nitrogens with one attached hydrogen (secondary N) is 1. The van der Waals surface area contributed by atoms with E-state index in [1.807, 2.05) is 48.5 Å². The molecular weight excluding hydrogens is 342 g/mol. The van der Waals surface area contributed by atoms with Crippen LogP contribution in [0.4, 0.5) is 0 Å². The molecule has 2 aromatic carbocycles. The second-order valence-electron chi connectivity index (χ2n) is 6.08. The molecule has 1 amide bonds. The normalized spacial score (nSPS) is 9.93. The molecular formula is C22H25NO4. The molecule has 5 nitrogen and oxygen atoms in total. The summed E-state index contributed by atoms with van der Waals surface area (Å²) in [5.41, 5.74) is 1.23. The summed E-state index contributed by atoms with van der Waals surface area (Å²) >= 11 is 0. The molecule has 0 saturated heterocycles. The lowest BCUT2D eigenvalue weighted by Crippen LogP contribution is -2.29. The van der Waals surface area contributed by atoms with Gasteiger partial charge in [0.1, 0.15) is 12.4 Å². The van der Waals surface area contributed by atoms with Crippen LogP contribution in [0.15, 0.2) is 48.5 Å². The molecule has 0 aliphatic heterocycles. The Morgan fingerprint density at radius 2 is 1.70 bits per heavy atom. The smallest absolute Gasteiger partial charge is 0.258 e. The summed E-state index contributed by atoms with van der Waals surface area (Å²) in [5, 5.41) is 2.69. The maximum Gasteiger partial charge on any atom is 0.258 e. The van der Waals surface area contributed by atoms with Crippen LogP contribution in [0.5, 0.6) is 17.2 Å². The Hall–Kier alpha value is -3.13. The van der Waals surface area contributed by atoms with Gasteiger partial charge in [-0.05, 0) is 35.7 Å². The average Bonchev–Trinajstić information content (AvgIpc) is 2.69. The minimum atomic E-state index is -0.220. The molecule has 0 unspecified atom stereocenters. The van der Waals surface area contributed by atoms with Gasteiger partial charge < -0.3 is 19.5 Å². The van der Waals surface area contributed by atoms with Crippen LogP contribution in [-0.2, 0) is 4.79 Å². The van der Waals surface area contributed by atoms with Crippen LogP contribution in [0.25, 0.3) is 0 Å². The highest BCUT2D eigenvalue weighted by molar-refractivity contribution is 5.77. The SMILES string of the molecule is COc1ccccc1OCC#CCNC(=O)COc1ccc(C(C)C)cc1. The molecule has 0 aromatic heterocycles. The largest absolute Gasteiger partial charge is 0.493 e. The summed E-state index contributed by atoms with van der Waals surface area (Å²) in [5.74, 6) is 7.90. The van der Waals surface area contributed by atoms with E-state index in [0.29, 0.717) is 23.2 Å². The molecule has 0 aliphatic carbocycles. The van der Waals surface area contributed by atoms with Crippen molar-refractivity contribution in [2.75, 3.05) is 26.9 Å². The Bertz CT molecular complexity index is 788. The van der Waals surface area contributed by atoms with Crippen LogP contribution >= 0.6 is 0 Å². The quantitative estimate of drug-likeness (QED) is 0.727. The number of amides is 1. The first-order valence-electron chi connectivity index (χ1n) is 8.81. The van der Waals surface area contributed by atoms with Crippen molar-refractivity contribution in [1.82, 2.24) is 5.32 Å². The topological polar surface area (TPSA) is 56.8 Å². The lowest BCUT2D eigenvalue weighted by Gasteiger charge is -2.08. The molecule has 27 heavy (non-hydrogen) atoms. The predicted molar refractivity (Wildman–Crippen MR) is 105 cm³/mol. The van der Waals surface area contributed by atoms with E-state index in [2.05, 4.69) is 31.0 Å². The van der Waals surface area contributed by atoms with Crippen molar-refractivity contribution >= 4 is 5.91 Å². The molecule has 0 fully saturated rings. The third-order valence-corrected chi connectivity index (χ3v) is 3.78. The number of rotatable bonds is 8. The molecule has 0 atom stereocenters. The summed E-state index contributed by atoms with van der Waals surface area (Å²) in [4.78, 5) is 11.8. The Kier molecular flexibility index (Phi) is 8.05. The first-order chi connectivity index (χ1) is 13.1. The van der Waals surface area contributed by atoms with Crippen molar-refractivity contribution in [2.45, 2.75) is 19.8 Å². The number of para-hydroxylation sites is 2. The zero-order chi connectivity index (χ0) is 19.5. The molecule has 142 valence electrons. The van der Waals surface area contributed by atoms with Crippen LogP contribution in [0.3, 0.4) is 0 Å². The zero-order valence-corrected chi connectivity index (χ0v) is 16.0. The molecule has 0 saturated carbocycles. The lowest BCUT2D eigenvalue weighted by atomic mass is 10.0. The van der Waals surface area contributed by atoms with Gasteiger partial charge in [0.15, 0.2) is 18.1 Å². The first kappa shape index (κ1) is 20.2. The van der Waals surface area contributed by atoms with Gasteiger partial charge >= 0.3 is 0 Å². The van der Waals surface area contributed by atoms with Crippen molar-refractivity contribution in [3.05, 3.63) is 54.1 Å². The molecule has 0 bridgehead atoms. The second kappa shape index (κ2) is 10.8. The van der Waals surface area contributed by atoms with E-state index in [0.717, 1.165) is 0 Å². The number of methoxy groups -OCH3 is 1. The van der Waals surface area contributed by atoms with Crippen molar-refractivity contribution in [3.63, 3.8) is 0 Å². The van der Waals surface area contributed by atoms with Crippen LogP contribution in [-0.4, -0.2) is 32.8 Å². The lowest BCUT2D eigenvalue weighted by molar-refractivity contribution is -0.122. The summed E-state index contributed by atoms with van der Waals surface area (Å²) in [6, 6.07) is 15.1. The third kappa shape index (κ3) is 6.95. The minimum Gasteiger partial charge on any atom is -0.493 e. The van der Waals surface area contributed by atoms with E-state index in [1.54, 1.807) is 7.11 Å². The Morgan fingerprint density at radius 3 is 2.37 bits per heavy atom. The maximum atomic E-state index is 11.8. The Labute approximate surface area is 160 Å². The number of carbonyl (C=O) groups excluding carboxylic acids is 1. The van der Waals surface area contributed by atoms with Crippen molar-refractivity contribution in [2.24, 2.45) is 0 Å². The average molecular weight is 367 g/mol. The number of ether oxygens (including phenoxy) is 3. The first-order valence-corrected chi connectivity index (χ1v) is 8.81. The standard InChI is InChI=1S/C22H25NO4/c1-17(2)18-10-12-19(13-11-18)27-16-22(24)23-14-6-7-15-26-21-9-5-4-8-20(21)25-3/h4-5,8-13,17H,14-16H2,1-3H3,(H,23,24). The number of hydrogen-bond donors (Lipinski definition) is 1. The summed E-state index contributed by atoms with van der Waals surface area (Å²) in [6.07, 6.45) is 0. The van der Waals surface area contributed by atoms with Gasteiger partial charge in [-0.1, -0.05) is 50.0 Å². The Balaban J connectivity index is 1.65. The van der Waals surface area contributed by atoms with E-state index in [9.17, 15) is 4.79 Å². The van der Waals surface area contributed by atoms with Crippen LogP contribution in [0.2, 0.25) is 0 Å². The van der Waals surface area contributed by atoms with E-state index < -0.39 is 0 Å². The maximum absolute atomic E-state index is 11.8. The summed E-state index contributed by atoms with van der Waals surface area (Å²) in [6.45, 7) is 4.68. The number of hydrogen-bond acceptors (Lipinski definition) is 4. The predicted octanol–water partition coefficient (Wildman–Crippen LogP) is 3.40. The van der Waals surface area contributed by atoms with E-state index in [4.69, 9.17) is 14.2 Å². The molecule has 5 heteroatoms. The van der Waals surface area contributed by atoms with Crippen LogP contribution in [0.1, 0.15) is 25.3 Å². The van der Waals surface area contributed by atoms with Gasteiger partial charge in [0.2, 0.25) is 0 Å². The van der Waals surface area contributed by atoms with Crippen molar-refractivity contribution in [1.29, 1.82) is 0 Å². The van der Waals surface area contributed by atoms with Crippen LogP contribution in [0, 0.1) is 11.8 Å². The van der Waals surface area contributed by atoms with Crippen molar-refractivity contribution in [3.8, 4) is 29.1 Å². The molecule has 1 N–H and O–H groups in total. The summed E-state index contributed by atoms with van der Waals surface area (Å²) in [7, 11) is 1.59. The van der Waals surface area contributed by atoms with Gasteiger partial charge in [0, 0.05) is 0 Å². The van der Waals surface area contributed by atoms with E-state index in [1.165, 1.54) is 5.56 Å². The van der Waals surface area contributed by atoms with E-state index in [-0.39, 0.29) is 25.7 Å². The highest BCUT2D eigenvalue weighted by Crippen LogP contribution is 2.25. The molecule has 0 heterocycles. The molecule has 2 aromatic rings. The highest BCUT2D eigenvalue weighted by Gasteiger charge is 2.03. The van der Waals surface area contributed by atoms with Gasteiger partial charge in [0.05, 0.1) is 13.7 Å². The van der Waals surface area contributed by atoms with Crippen molar-refractivity contribution < 1.29 is 19.0 Å². The van der Waals surface area contributed by atoms with Gasteiger partial charge in [-0.25, -0.2) is 0 Å². The number of benzene rings is 2. The minimum absolute atomic E-state index is 0.0413. The fraction of sp³-hybridized carbons (Fsp3) is 0.318. The van der Waals surface area contributed by atoms with Gasteiger partial charge in [0.25, 0.3) is 5.91 Å².